The first-order valence-electron chi connectivity index (χ1n) is 5.66. The Labute approximate surface area is 97.3 Å². The average molecular weight is 230 g/mol. The SMILES string of the molecule is C=C(F)C(=O)NCCC(C)(CCN)C(C)C. The predicted molar refractivity (Wildman–Crippen MR) is 64.5 cm³/mol. The van der Waals surface area contributed by atoms with Crippen LogP contribution in [-0.2, 0) is 4.79 Å². The van der Waals surface area contributed by atoms with E-state index in [4.69, 9.17) is 5.73 Å². The second-order valence-electron chi connectivity index (χ2n) is 4.76. The molecular formula is C12H23FN2O. The van der Waals surface area contributed by atoms with Gasteiger partial charge < -0.3 is 11.1 Å². The highest BCUT2D eigenvalue weighted by Crippen LogP contribution is 2.33. The topological polar surface area (TPSA) is 55.1 Å². The molecule has 0 radical (unpaired) electrons. The van der Waals surface area contributed by atoms with Crippen molar-refractivity contribution in [2.24, 2.45) is 17.1 Å². The summed E-state index contributed by atoms with van der Waals surface area (Å²) in [5, 5.41) is 2.50. The molecule has 0 aromatic carbocycles. The van der Waals surface area contributed by atoms with E-state index in [1.54, 1.807) is 0 Å². The summed E-state index contributed by atoms with van der Waals surface area (Å²) in [6.07, 6.45) is 1.69. The number of halogens is 1. The fraction of sp³-hybridized carbons (Fsp3) is 0.750. The lowest BCUT2D eigenvalue weighted by atomic mass is 9.74. The molecule has 1 unspecified atom stereocenters. The van der Waals surface area contributed by atoms with Crippen molar-refractivity contribution < 1.29 is 9.18 Å². The molecule has 0 heterocycles. The minimum absolute atomic E-state index is 0.0830. The van der Waals surface area contributed by atoms with Gasteiger partial charge in [0.15, 0.2) is 5.83 Å². The fourth-order valence-electron chi connectivity index (χ4n) is 1.59. The van der Waals surface area contributed by atoms with E-state index >= 15 is 0 Å². The van der Waals surface area contributed by atoms with Gasteiger partial charge in [0.2, 0.25) is 0 Å². The van der Waals surface area contributed by atoms with Crippen molar-refractivity contribution in [2.45, 2.75) is 33.6 Å². The maximum absolute atomic E-state index is 12.4. The Balaban J connectivity index is 4.13. The molecule has 0 aliphatic carbocycles. The summed E-state index contributed by atoms with van der Waals surface area (Å²) in [5.74, 6) is -1.19. The van der Waals surface area contributed by atoms with Gasteiger partial charge in [0.05, 0.1) is 0 Å². The summed E-state index contributed by atoms with van der Waals surface area (Å²) in [6.45, 7) is 10.4. The molecule has 0 spiro atoms. The molecule has 0 aromatic rings. The van der Waals surface area contributed by atoms with Crippen molar-refractivity contribution in [1.82, 2.24) is 5.32 Å². The molecule has 4 heteroatoms. The summed E-state index contributed by atoms with van der Waals surface area (Å²) < 4.78 is 12.4. The lowest BCUT2D eigenvalue weighted by molar-refractivity contribution is -0.118. The summed E-state index contributed by atoms with van der Waals surface area (Å²) in [6, 6.07) is 0. The number of nitrogens with one attached hydrogen (secondary N) is 1. The number of hydrogen-bond acceptors (Lipinski definition) is 2. The normalized spacial score (nSPS) is 14.6. The largest absolute Gasteiger partial charge is 0.350 e. The molecule has 3 nitrogen and oxygen atoms in total. The zero-order valence-corrected chi connectivity index (χ0v) is 10.5. The quantitative estimate of drug-likeness (QED) is 0.657. The van der Waals surface area contributed by atoms with Gasteiger partial charge in [-0.05, 0) is 30.7 Å². The third-order valence-corrected chi connectivity index (χ3v) is 3.34. The van der Waals surface area contributed by atoms with E-state index in [2.05, 4.69) is 32.7 Å². The molecule has 0 fully saturated rings. The third kappa shape index (κ3) is 4.75. The van der Waals surface area contributed by atoms with Gasteiger partial charge in [-0.3, -0.25) is 4.79 Å². The van der Waals surface area contributed by atoms with Gasteiger partial charge in [-0.2, -0.15) is 0 Å². The minimum Gasteiger partial charge on any atom is -0.350 e. The Morgan fingerprint density at radius 2 is 2.06 bits per heavy atom. The van der Waals surface area contributed by atoms with Gasteiger partial charge in [-0.15, -0.1) is 0 Å². The predicted octanol–water partition coefficient (Wildman–Crippen LogP) is 1.99. The second-order valence-corrected chi connectivity index (χ2v) is 4.76. The summed E-state index contributed by atoms with van der Waals surface area (Å²) in [7, 11) is 0. The molecule has 0 saturated heterocycles. The Kier molecular flexibility index (Phi) is 6.26. The van der Waals surface area contributed by atoms with Crippen molar-refractivity contribution in [1.29, 1.82) is 0 Å². The van der Waals surface area contributed by atoms with E-state index in [1.807, 2.05) is 0 Å². The third-order valence-electron chi connectivity index (χ3n) is 3.34. The molecule has 0 aliphatic heterocycles. The minimum atomic E-state index is -0.940. The summed E-state index contributed by atoms with van der Waals surface area (Å²) >= 11 is 0. The smallest absolute Gasteiger partial charge is 0.279 e. The molecule has 16 heavy (non-hydrogen) atoms. The number of nitrogens with two attached hydrogens (primary N) is 1. The molecular weight excluding hydrogens is 207 g/mol. The van der Waals surface area contributed by atoms with Crippen molar-refractivity contribution in [3.05, 3.63) is 12.4 Å². The lowest BCUT2D eigenvalue weighted by Crippen LogP contribution is -2.33. The van der Waals surface area contributed by atoms with Crippen LogP contribution in [-0.4, -0.2) is 19.0 Å². The first kappa shape index (κ1) is 15.1. The van der Waals surface area contributed by atoms with E-state index in [-0.39, 0.29) is 5.41 Å². The van der Waals surface area contributed by atoms with Gasteiger partial charge in [0.1, 0.15) is 0 Å². The van der Waals surface area contributed by atoms with E-state index in [1.165, 1.54) is 0 Å². The van der Waals surface area contributed by atoms with Gasteiger partial charge in [-0.25, -0.2) is 4.39 Å². The molecule has 3 N–H and O–H groups in total. The number of amides is 1. The Morgan fingerprint density at radius 1 is 1.50 bits per heavy atom. The highest BCUT2D eigenvalue weighted by molar-refractivity contribution is 5.90. The molecule has 94 valence electrons. The van der Waals surface area contributed by atoms with Crippen LogP contribution in [0.4, 0.5) is 4.39 Å². The van der Waals surface area contributed by atoms with Crippen molar-refractivity contribution in [3.8, 4) is 0 Å². The van der Waals surface area contributed by atoms with E-state index < -0.39 is 11.7 Å². The zero-order valence-electron chi connectivity index (χ0n) is 10.5. The highest BCUT2D eigenvalue weighted by Gasteiger charge is 2.27. The molecule has 0 bridgehead atoms. The zero-order chi connectivity index (χ0) is 12.8. The number of carbonyl (C=O) groups excluding carboxylic acids is 1. The van der Waals surface area contributed by atoms with Crippen LogP contribution >= 0.6 is 0 Å². The molecule has 0 rings (SSSR count). The number of rotatable bonds is 7. The van der Waals surface area contributed by atoms with Gasteiger partial charge in [0, 0.05) is 6.54 Å². The first-order valence-corrected chi connectivity index (χ1v) is 5.66. The van der Waals surface area contributed by atoms with Crippen LogP contribution in [0.2, 0.25) is 0 Å². The van der Waals surface area contributed by atoms with Crippen molar-refractivity contribution in [2.75, 3.05) is 13.1 Å². The fourth-order valence-corrected chi connectivity index (χ4v) is 1.59. The average Bonchev–Trinajstić information content (AvgIpc) is 2.17. The number of carbonyl (C=O) groups is 1. The lowest BCUT2D eigenvalue weighted by Gasteiger charge is -2.33. The van der Waals surface area contributed by atoms with E-state index in [0.29, 0.717) is 19.0 Å². The summed E-state index contributed by atoms with van der Waals surface area (Å²) in [5.41, 5.74) is 5.65. The monoisotopic (exact) mass is 230 g/mol. The van der Waals surface area contributed by atoms with E-state index in [0.717, 1.165) is 12.8 Å². The van der Waals surface area contributed by atoms with Gasteiger partial charge in [-0.1, -0.05) is 27.4 Å². The molecule has 0 aliphatic rings. The Morgan fingerprint density at radius 3 is 2.44 bits per heavy atom. The number of hydrogen-bond donors (Lipinski definition) is 2. The molecule has 1 atom stereocenters. The Hall–Kier alpha value is -0.900. The van der Waals surface area contributed by atoms with Gasteiger partial charge in [0.25, 0.3) is 5.91 Å². The van der Waals surface area contributed by atoms with Crippen LogP contribution in [0.5, 0.6) is 0 Å². The van der Waals surface area contributed by atoms with Crippen LogP contribution in [0.1, 0.15) is 33.6 Å². The maximum atomic E-state index is 12.4. The van der Waals surface area contributed by atoms with Crippen LogP contribution in [0.15, 0.2) is 12.4 Å². The standard InChI is InChI=1S/C12H23FN2O/c1-9(2)12(4,5-7-14)6-8-15-11(16)10(3)13/h9H,3,5-8,14H2,1-2,4H3,(H,15,16). The van der Waals surface area contributed by atoms with Crippen LogP contribution < -0.4 is 11.1 Å². The van der Waals surface area contributed by atoms with Crippen LogP contribution in [0.25, 0.3) is 0 Å². The highest BCUT2D eigenvalue weighted by atomic mass is 19.1. The Bertz CT molecular complexity index is 253. The maximum Gasteiger partial charge on any atom is 0.279 e. The summed E-state index contributed by atoms with van der Waals surface area (Å²) in [4.78, 5) is 10.9. The molecule has 0 saturated carbocycles. The van der Waals surface area contributed by atoms with Crippen molar-refractivity contribution >= 4 is 5.91 Å². The molecule has 0 aromatic heterocycles. The van der Waals surface area contributed by atoms with E-state index in [9.17, 15) is 9.18 Å². The van der Waals surface area contributed by atoms with Crippen LogP contribution in [0, 0.1) is 11.3 Å². The molecule has 1 amide bonds. The first-order chi connectivity index (χ1) is 7.33. The van der Waals surface area contributed by atoms with Crippen LogP contribution in [0.3, 0.4) is 0 Å². The second kappa shape index (κ2) is 6.63. The van der Waals surface area contributed by atoms with Gasteiger partial charge >= 0.3 is 0 Å². The van der Waals surface area contributed by atoms with Crippen molar-refractivity contribution in [3.63, 3.8) is 0 Å².